The summed E-state index contributed by atoms with van der Waals surface area (Å²) in [5, 5.41) is 7.10. The van der Waals surface area contributed by atoms with Crippen molar-refractivity contribution in [2.75, 3.05) is 18.0 Å². The van der Waals surface area contributed by atoms with Crippen LogP contribution in [-0.2, 0) is 16.4 Å². The van der Waals surface area contributed by atoms with Gasteiger partial charge in [0.15, 0.2) is 0 Å². The Kier molecular flexibility index (Phi) is 3.96. The molecular formula is C19H19N3O3S. The standard InChI is InChI=1S/C19H19N3O3S/c1-13-11-16(21-20-13)15-7-8-18(25-2)19(12-15)26(23,24)22-10-9-14-5-3-4-6-17(14)22/h3-8,11-12H,9-10H2,1-2H3,(H,20,21). The van der Waals surface area contributed by atoms with E-state index in [1.807, 2.05) is 43.3 Å². The maximum absolute atomic E-state index is 13.4. The van der Waals surface area contributed by atoms with Crippen molar-refractivity contribution in [3.63, 3.8) is 0 Å². The lowest BCUT2D eigenvalue weighted by Crippen LogP contribution is -2.29. The van der Waals surface area contributed by atoms with Crippen molar-refractivity contribution in [1.29, 1.82) is 0 Å². The Hall–Kier alpha value is -2.80. The second-order valence-electron chi connectivity index (χ2n) is 6.26. The van der Waals surface area contributed by atoms with E-state index >= 15 is 0 Å². The van der Waals surface area contributed by atoms with E-state index in [4.69, 9.17) is 4.74 Å². The van der Waals surface area contributed by atoms with E-state index in [-0.39, 0.29) is 4.90 Å². The molecule has 7 heteroatoms. The summed E-state index contributed by atoms with van der Waals surface area (Å²) >= 11 is 0. The van der Waals surface area contributed by atoms with Gasteiger partial charge in [-0.3, -0.25) is 9.40 Å². The van der Waals surface area contributed by atoms with Crippen LogP contribution in [0.3, 0.4) is 0 Å². The quantitative estimate of drug-likeness (QED) is 0.767. The summed E-state index contributed by atoms with van der Waals surface area (Å²) in [5.74, 6) is 0.324. The van der Waals surface area contributed by atoms with Gasteiger partial charge in [-0.1, -0.05) is 18.2 Å². The molecule has 0 bridgehead atoms. The molecule has 2 heterocycles. The number of hydrogen-bond acceptors (Lipinski definition) is 4. The van der Waals surface area contributed by atoms with Crippen LogP contribution in [-0.4, -0.2) is 32.3 Å². The van der Waals surface area contributed by atoms with Gasteiger partial charge in [0, 0.05) is 17.8 Å². The lowest BCUT2D eigenvalue weighted by atomic mass is 10.1. The molecule has 0 radical (unpaired) electrons. The Morgan fingerprint density at radius 2 is 1.96 bits per heavy atom. The number of benzene rings is 2. The van der Waals surface area contributed by atoms with Crippen molar-refractivity contribution in [1.82, 2.24) is 10.2 Å². The first kappa shape index (κ1) is 16.7. The molecule has 1 aliphatic rings. The normalized spacial score (nSPS) is 13.7. The van der Waals surface area contributed by atoms with Crippen molar-refractivity contribution in [3.05, 3.63) is 59.8 Å². The molecule has 4 rings (SSSR count). The Labute approximate surface area is 152 Å². The molecule has 1 aromatic heterocycles. The molecule has 0 atom stereocenters. The predicted octanol–water partition coefficient (Wildman–Crippen LogP) is 3.15. The third-order valence-corrected chi connectivity index (χ3v) is 6.41. The molecule has 26 heavy (non-hydrogen) atoms. The number of aromatic nitrogens is 2. The van der Waals surface area contributed by atoms with Gasteiger partial charge in [-0.2, -0.15) is 5.10 Å². The van der Waals surface area contributed by atoms with Gasteiger partial charge >= 0.3 is 0 Å². The highest BCUT2D eigenvalue weighted by Crippen LogP contribution is 2.37. The zero-order valence-electron chi connectivity index (χ0n) is 14.6. The van der Waals surface area contributed by atoms with E-state index in [1.165, 1.54) is 11.4 Å². The monoisotopic (exact) mass is 369 g/mol. The van der Waals surface area contributed by atoms with Crippen LogP contribution in [0.25, 0.3) is 11.3 Å². The molecule has 0 saturated heterocycles. The molecule has 6 nitrogen and oxygen atoms in total. The Balaban J connectivity index is 1.83. The Bertz CT molecular complexity index is 1070. The van der Waals surface area contributed by atoms with Gasteiger partial charge in [-0.25, -0.2) is 8.42 Å². The number of methoxy groups -OCH3 is 1. The van der Waals surface area contributed by atoms with Crippen LogP contribution in [0.1, 0.15) is 11.3 Å². The van der Waals surface area contributed by atoms with Crippen molar-refractivity contribution >= 4 is 15.7 Å². The number of anilines is 1. The minimum absolute atomic E-state index is 0.148. The van der Waals surface area contributed by atoms with Gasteiger partial charge in [-0.05, 0) is 49.2 Å². The van der Waals surface area contributed by atoms with Crippen LogP contribution in [0.15, 0.2) is 53.4 Å². The van der Waals surface area contributed by atoms with Crippen molar-refractivity contribution < 1.29 is 13.2 Å². The van der Waals surface area contributed by atoms with Gasteiger partial charge in [0.1, 0.15) is 10.6 Å². The van der Waals surface area contributed by atoms with Crippen LogP contribution in [0.4, 0.5) is 5.69 Å². The number of aromatic amines is 1. The van der Waals surface area contributed by atoms with Crippen LogP contribution >= 0.6 is 0 Å². The Morgan fingerprint density at radius 3 is 2.69 bits per heavy atom. The van der Waals surface area contributed by atoms with E-state index in [9.17, 15) is 8.42 Å². The summed E-state index contributed by atoms with van der Waals surface area (Å²) in [6, 6.07) is 14.6. The number of fused-ring (bicyclic) bond motifs is 1. The topological polar surface area (TPSA) is 75.3 Å². The lowest BCUT2D eigenvalue weighted by molar-refractivity contribution is 0.402. The van der Waals surface area contributed by atoms with Crippen molar-refractivity contribution in [2.24, 2.45) is 0 Å². The van der Waals surface area contributed by atoms with Crippen LogP contribution in [0.5, 0.6) is 5.75 Å². The molecule has 0 aliphatic carbocycles. The summed E-state index contributed by atoms with van der Waals surface area (Å²) in [7, 11) is -2.27. The highest BCUT2D eigenvalue weighted by molar-refractivity contribution is 7.93. The number of nitrogens with one attached hydrogen (secondary N) is 1. The van der Waals surface area contributed by atoms with E-state index in [1.54, 1.807) is 12.1 Å². The number of rotatable bonds is 4. The number of para-hydroxylation sites is 1. The van der Waals surface area contributed by atoms with Gasteiger partial charge in [0.05, 0.1) is 18.5 Å². The first-order chi connectivity index (χ1) is 12.5. The fourth-order valence-corrected chi connectivity index (χ4v) is 4.97. The molecule has 0 saturated carbocycles. The number of H-pyrrole nitrogens is 1. The summed E-state index contributed by atoms with van der Waals surface area (Å²) < 4.78 is 33.6. The first-order valence-electron chi connectivity index (χ1n) is 8.32. The highest BCUT2D eigenvalue weighted by atomic mass is 32.2. The van der Waals surface area contributed by atoms with Crippen molar-refractivity contribution in [2.45, 2.75) is 18.2 Å². The molecule has 2 aromatic carbocycles. The van der Waals surface area contributed by atoms with Gasteiger partial charge in [0.2, 0.25) is 0 Å². The highest BCUT2D eigenvalue weighted by Gasteiger charge is 2.33. The summed E-state index contributed by atoms with van der Waals surface area (Å²) in [5.41, 5.74) is 4.10. The zero-order chi connectivity index (χ0) is 18.3. The fourth-order valence-electron chi connectivity index (χ4n) is 3.28. The second kappa shape index (κ2) is 6.17. The molecular weight excluding hydrogens is 350 g/mol. The van der Waals surface area contributed by atoms with Crippen LogP contribution in [0, 0.1) is 6.92 Å². The van der Waals surface area contributed by atoms with E-state index in [0.717, 1.165) is 22.5 Å². The number of nitrogens with zero attached hydrogens (tertiary/aromatic N) is 2. The smallest absolute Gasteiger partial charge is 0.268 e. The molecule has 1 aliphatic heterocycles. The minimum atomic E-state index is -3.75. The molecule has 134 valence electrons. The van der Waals surface area contributed by atoms with Crippen LogP contribution in [0.2, 0.25) is 0 Å². The van der Waals surface area contributed by atoms with Crippen molar-refractivity contribution in [3.8, 4) is 17.0 Å². The maximum Gasteiger partial charge on any atom is 0.268 e. The molecule has 0 spiro atoms. The van der Waals surface area contributed by atoms with Gasteiger partial charge < -0.3 is 4.74 Å². The van der Waals surface area contributed by atoms with E-state index in [0.29, 0.717) is 24.4 Å². The average Bonchev–Trinajstić information content (AvgIpc) is 3.27. The molecule has 3 aromatic rings. The molecule has 0 amide bonds. The molecule has 0 fully saturated rings. The largest absolute Gasteiger partial charge is 0.495 e. The third kappa shape index (κ3) is 2.64. The van der Waals surface area contributed by atoms with E-state index < -0.39 is 10.0 Å². The maximum atomic E-state index is 13.4. The molecule has 0 unspecified atom stereocenters. The minimum Gasteiger partial charge on any atom is -0.495 e. The number of hydrogen-bond donors (Lipinski definition) is 1. The number of aryl methyl sites for hydroxylation is 1. The van der Waals surface area contributed by atoms with E-state index in [2.05, 4.69) is 10.2 Å². The predicted molar refractivity (Wildman–Crippen MR) is 100.0 cm³/mol. The second-order valence-corrected chi connectivity index (χ2v) is 8.09. The number of sulfonamides is 1. The zero-order valence-corrected chi connectivity index (χ0v) is 15.4. The molecule has 1 N–H and O–H groups in total. The number of ether oxygens (including phenoxy) is 1. The summed E-state index contributed by atoms with van der Waals surface area (Å²) in [6.45, 7) is 2.33. The lowest BCUT2D eigenvalue weighted by Gasteiger charge is -2.21. The van der Waals surface area contributed by atoms with Gasteiger partial charge in [0.25, 0.3) is 10.0 Å². The summed E-state index contributed by atoms with van der Waals surface area (Å²) in [4.78, 5) is 0.148. The average molecular weight is 369 g/mol. The SMILES string of the molecule is COc1ccc(-c2cc(C)[nH]n2)cc1S(=O)(=O)N1CCc2ccccc21. The fraction of sp³-hybridized carbons (Fsp3) is 0.211. The first-order valence-corrected chi connectivity index (χ1v) is 9.76. The summed E-state index contributed by atoms with van der Waals surface area (Å²) in [6.07, 6.45) is 0.704. The van der Waals surface area contributed by atoms with Crippen LogP contribution < -0.4 is 9.04 Å². The third-order valence-electron chi connectivity index (χ3n) is 4.58. The van der Waals surface area contributed by atoms with Gasteiger partial charge in [-0.15, -0.1) is 0 Å². The Morgan fingerprint density at radius 1 is 1.15 bits per heavy atom.